The van der Waals surface area contributed by atoms with Crippen LogP contribution in [0.5, 0.6) is 11.5 Å². The van der Waals surface area contributed by atoms with Gasteiger partial charge >= 0.3 is 0 Å². The van der Waals surface area contributed by atoms with E-state index in [1.807, 2.05) is 19.9 Å². The van der Waals surface area contributed by atoms with Gasteiger partial charge in [-0.05, 0) is 66.9 Å². The molecule has 3 aromatic rings. The molecule has 1 amide bonds. The fourth-order valence-electron chi connectivity index (χ4n) is 4.12. The van der Waals surface area contributed by atoms with E-state index in [0.29, 0.717) is 29.2 Å². The Hall–Kier alpha value is -4.06. The Morgan fingerprint density at radius 1 is 1.00 bits per heavy atom. The van der Waals surface area contributed by atoms with Crippen molar-refractivity contribution in [1.29, 1.82) is 0 Å². The van der Waals surface area contributed by atoms with Crippen LogP contribution in [0.4, 0.5) is 5.69 Å². The number of ether oxygens (including phenoxy) is 2. The van der Waals surface area contributed by atoms with E-state index in [0.717, 1.165) is 17.7 Å². The Bertz CT molecular complexity index is 1230. The summed E-state index contributed by atoms with van der Waals surface area (Å²) in [5.41, 5.74) is 2.58. The van der Waals surface area contributed by atoms with Crippen LogP contribution in [0, 0.1) is 6.92 Å². The van der Waals surface area contributed by atoms with E-state index in [9.17, 15) is 14.7 Å². The molecule has 0 aliphatic carbocycles. The quantitative estimate of drug-likeness (QED) is 0.291. The summed E-state index contributed by atoms with van der Waals surface area (Å²) in [6.45, 7) is 4.50. The zero-order valence-electron chi connectivity index (χ0n) is 19.4. The van der Waals surface area contributed by atoms with Gasteiger partial charge in [-0.2, -0.15) is 0 Å². The Morgan fingerprint density at radius 2 is 1.71 bits per heavy atom. The lowest BCUT2D eigenvalue weighted by Crippen LogP contribution is -2.29. The number of aryl methyl sites for hydroxylation is 1. The Labute approximate surface area is 199 Å². The van der Waals surface area contributed by atoms with Crippen LogP contribution in [0.1, 0.15) is 36.1 Å². The van der Waals surface area contributed by atoms with Gasteiger partial charge in [0.15, 0.2) is 0 Å². The number of methoxy groups -OCH3 is 1. The van der Waals surface area contributed by atoms with Crippen molar-refractivity contribution < 1.29 is 24.2 Å². The van der Waals surface area contributed by atoms with Crippen molar-refractivity contribution in [1.82, 2.24) is 0 Å². The summed E-state index contributed by atoms with van der Waals surface area (Å²) in [6.07, 6.45) is 0.881. The number of nitrogens with zero attached hydrogens (tertiary/aromatic N) is 1. The van der Waals surface area contributed by atoms with Crippen LogP contribution >= 0.6 is 0 Å². The van der Waals surface area contributed by atoms with E-state index in [1.54, 1.807) is 73.8 Å². The van der Waals surface area contributed by atoms with Crippen LogP contribution in [0.25, 0.3) is 5.76 Å². The molecule has 0 bridgehead atoms. The maximum atomic E-state index is 13.2. The molecule has 6 heteroatoms. The average Bonchev–Trinajstić information content (AvgIpc) is 3.13. The van der Waals surface area contributed by atoms with Gasteiger partial charge in [0.25, 0.3) is 11.7 Å². The minimum Gasteiger partial charge on any atom is -0.507 e. The summed E-state index contributed by atoms with van der Waals surface area (Å²) in [5.74, 6) is -0.268. The summed E-state index contributed by atoms with van der Waals surface area (Å²) in [7, 11) is 1.57. The minimum atomic E-state index is -0.787. The summed E-state index contributed by atoms with van der Waals surface area (Å²) in [4.78, 5) is 27.9. The number of hydrogen-bond donors (Lipinski definition) is 1. The number of ketones is 1. The molecule has 1 unspecified atom stereocenters. The van der Waals surface area contributed by atoms with Crippen molar-refractivity contribution in [3.05, 3.63) is 95.1 Å². The molecule has 6 nitrogen and oxygen atoms in total. The van der Waals surface area contributed by atoms with E-state index in [1.165, 1.54) is 4.90 Å². The zero-order valence-corrected chi connectivity index (χ0v) is 19.4. The number of hydrogen-bond acceptors (Lipinski definition) is 5. The summed E-state index contributed by atoms with van der Waals surface area (Å²) in [5, 5.41) is 11.3. The molecule has 0 aromatic heterocycles. The standard InChI is InChI=1S/C28H27NO5/c1-4-16-34-23-15-12-20(17-18(23)2)26(30)24-25(19-10-13-22(33-3)14-11-19)29(28(32)27(24)31)21-8-6-5-7-9-21/h5-15,17,25,30H,4,16H2,1-3H3/b26-24-. The fourth-order valence-corrected chi connectivity index (χ4v) is 4.12. The Balaban J connectivity index is 1.86. The highest BCUT2D eigenvalue weighted by molar-refractivity contribution is 6.51. The van der Waals surface area contributed by atoms with E-state index in [2.05, 4.69) is 0 Å². The van der Waals surface area contributed by atoms with Crippen molar-refractivity contribution in [2.45, 2.75) is 26.3 Å². The molecule has 4 rings (SSSR count). The molecule has 1 aliphatic heterocycles. The van der Waals surface area contributed by atoms with Gasteiger partial charge in [-0.3, -0.25) is 14.5 Å². The van der Waals surface area contributed by atoms with Crippen molar-refractivity contribution in [2.75, 3.05) is 18.6 Å². The van der Waals surface area contributed by atoms with E-state index < -0.39 is 17.7 Å². The highest BCUT2D eigenvalue weighted by atomic mass is 16.5. The van der Waals surface area contributed by atoms with Gasteiger partial charge in [-0.25, -0.2) is 0 Å². The minimum absolute atomic E-state index is 0.0423. The van der Waals surface area contributed by atoms with Gasteiger partial charge in [0.1, 0.15) is 17.3 Å². The monoisotopic (exact) mass is 457 g/mol. The van der Waals surface area contributed by atoms with Gasteiger partial charge in [0, 0.05) is 11.3 Å². The normalized spacial score (nSPS) is 17.1. The van der Waals surface area contributed by atoms with Crippen LogP contribution in [0.15, 0.2) is 78.4 Å². The highest BCUT2D eigenvalue weighted by Gasteiger charge is 2.46. The van der Waals surface area contributed by atoms with E-state index in [4.69, 9.17) is 9.47 Å². The van der Waals surface area contributed by atoms with Gasteiger partial charge in [-0.15, -0.1) is 0 Å². The average molecular weight is 458 g/mol. The molecule has 1 aliphatic rings. The second-order valence-corrected chi connectivity index (χ2v) is 8.11. The first kappa shape index (κ1) is 23.1. The third-order valence-corrected chi connectivity index (χ3v) is 5.82. The molecule has 0 saturated carbocycles. The first-order chi connectivity index (χ1) is 16.5. The van der Waals surface area contributed by atoms with Crippen LogP contribution < -0.4 is 14.4 Å². The number of Topliss-reactive ketones (excluding diaryl/α,β-unsaturated/α-hetero) is 1. The molecule has 1 fully saturated rings. The summed E-state index contributed by atoms with van der Waals surface area (Å²) in [6, 6.07) is 20.6. The molecular formula is C28H27NO5. The first-order valence-corrected chi connectivity index (χ1v) is 11.2. The maximum absolute atomic E-state index is 13.2. The van der Waals surface area contributed by atoms with Crippen LogP contribution in [-0.2, 0) is 9.59 Å². The lowest BCUT2D eigenvalue weighted by Gasteiger charge is -2.25. The smallest absolute Gasteiger partial charge is 0.300 e. The number of benzene rings is 3. The molecule has 0 radical (unpaired) electrons. The largest absolute Gasteiger partial charge is 0.507 e. The Morgan fingerprint density at radius 3 is 2.32 bits per heavy atom. The van der Waals surface area contributed by atoms with Crippen LogP contribution in [0.3, 0.4) is 0 Å². The second kappa shape index (κ2) is 9.83. The Kier molecular flexibility index (Phi) is 6.68. The number of anilines is 1. The lowest BCUT2D eigenvalue weighted by molar-refractivity contribution is -0.132. The van der Waals surface area contributed by atoms with Gasteiger partial charge in [0.2, 0.25) is 0 Å². The van der Waals surface area contributed by atoms with Gasteiger partial charge in [0.05, 0.1) is 25.3 Å². The SMILES string of the molecule is CCCOc1ccc(/C(O)=C2/C(=O)C(=O)N(c3ccccc3)C2c2ccc(OC)cc2)cc1C. The number of carbonyl (C=O) groups excluding carboxylic acids is 2. The second-order valence-electron chi connectivity index (χ2n) is 8.11. The molecule has 0 spiro atoms. The summed E-state index contributed by atoms with van der Waals surface area (Å²) < 4.78 is 11.0. The van der Waals surface area contributed by atoms with E-state index in [-0.39, 0.29) is 11.3 Å². The number of para-hydroxylation sites is 1. The van der Waals surface area contributed by atoms with Gasteiger partial charge < -0.3 is 14.6 Å². The van der Waals surface area contributed by atoms with Crippen molar-refractivity contribution >= 4 is 23.1 Å². The molecular weight excluding hydrogens is 430 g/mol. The number of aliphatic hydroxyl groups is 1. The molecule has 1 saturated heterocycles. The molecule has 34 heavy (non-hydrogen) atoms. The third kappa shape index (κ3) is 4.27. The van der Waals surface area contributed by atoms with E-state index >= 15 is 0 Å². The van der Waals surface area contributed by atoms with Crippen molar-refractivity contribution in [3.8, 4) is 11.5 Å². The van der Waals surface area contributed by atoms with Gasteiger partial charge in [-0.1, -0.05) is 37.3 Å². The third-order valence-electron chi connectivity index (χ3n) is 5.82. The predicted octanol–water partition coefficient (Wildman–Crippen LogP) is 5.42. The molecule has 174 valence electrons. The zero-order chi connectivity index (χ0) is 24.2. The number of carbonyl (C=O) groups is 2. The molecule has 1 atom stereocenters. The predicted molar refractivity (Wildman–Crippen MR) is 131 cm³/mol. The number of aliphatic hydroxyl groups excluding tert-OH is 1. The molecule has 1 N–H and O–H groups in total. The van der Waals surface area contributed by atoms with Crippen molar-refractivity contribution in [2.24, 2.45) is 0 Å². The van der Waals surface area contributed by atoms with Crippen LogP contribution in [0.2, 0.25) is 0 Å². The van der Waals surface area contributed by atoms with Crippen LogP contribution in [-0.4, -0.2) is 30.5 Å². The molecule has 1 heterocycles. The first-order valence-electron chi connectivity index (χ1n) is 11.2. The summed E-state index contributed by atoms with van der Waals surface area (Å²) >= 11 is 0. The lowest BCUT2D eigenvalue weighted by atomic mass is 9.94. The molecule has 3 aromatic carbocycles. The fraction of sp³-hybridized carbons (Fsp3) is 0.214. The maximum Gasteiger partial charge on any atom is 0.300 e. The van der Waals surface area contributed by atoms with Crippen molar-refractivity contribution in [3.63, 3.8) is 0 Å². The highest BCUT2D eigenvalue weighted by Crippen LogP contribution is 2.42. The number of amides is 1. The topological polar surface area (TPSA) is 76.1 Å². The number of rotatable bonds is 7.